The fourth-order valence-electron chi connectivity index (χ4n) is 6.67. The van der Waals surface area contributed by atoms with Crippen molar-refractivity contribution in [2.45, 2.75) is 90.1 Å². The molecule has 4 nitrogen and oxygen atoms in total. The highest BCUT2D eigenvalue weighted by Gasteiger charge is 2.61. The normalized spacial score (nSPS) is 34.0. The van der Waals surface area contributed by atoms with Gasteiger partial charge in [-0.05, 0) is 96.0 Å². The molecule has 158 valence electrons. The lowest BCUT2D eigenvalue weighted by molar-refractivity contribution is -0.151. The lowest BCUT2D eigenvalue weighted by Gasteiger charge is -2.61. The van der Waals surface area contributed by atoms with Crippen molar-refractivity contribution in [3.8, 4) is 0 Å². The predicted octanol–water partition coefficient (Wildman–Crippen LogP) is 4.25. The lowest BCUT2D eigenvalue weighted by atomic mass is 9.42. The molecule has 2 amide bonds. The first kappa shape index (κ1) is 20.4. The fraction of sp³-hybridized carbons (Fsp3) is 0.680. The van der Waals surface area contributed by atoms with E-state index in [1.54, 1.807) is 6.92 Å². The Kier molecular flexibility index (Phi) is 4.83. The van der Waals surface area contributed by atoms with Gasteiger partial charge in [0.25, 0.3) is 0 Å². The lowest BCUT2D eigenvalue weighted by Crippen LogP contribution is -2.61. The van der Waals surface area contributed by atoms with Crippen LogP contribution in [0.2, 0.25) is 0 Å². The molecule has 4 heteroatoms. The molecule has 0 aromatic heterocycles. The average Bonchev–Trinajstić information content (AvgIpc) is 2.59. The van der Waals surface area contributed by atoms with Gasteiger partial charge in [0.05, 0.1) is 5.41 Å². The molecule has 4 aliphatic rings. The summed E-state index contributed by atoms with van der Waals surface area (Å²) in [4.78, 5) is 26.0. The summed E-state index contributed by atoms with van der Waals surface area (Å²) in [6.07, 6.45) is 6.58. The first-order valence-electron chi connectivity index (χ1n) is 11.2. The van der Waals surface area contributed by atoms with Gasteiger partial charge in [-0.3, -0.25) is 9.59 Å². The minimum atomic E-state index is -0.509. The van der Waals surface area contributed by atoms with E-state index in [0.29, 0.717) is 11.8 Å². The van der Waals surface area contributed by atoms with Crippen molar-refractivity contribution < 1.29 is 9.59 Å². The van der Waals surface area contributed by atoms with Gasteiger partial charge in [0, 0.05) is 5.54 Å². The van der Waals surface area contributed by atoms with Gasteiger partial charge in [0.1, 0.15) is 6.04 Å². The van der Waals surface area contributed by atoms with Crippen LogP contribution in [0.25, 0.3) is 0 Å². The highest BCUT2D eigenvalue weighted by Crippen LogP contribution is 2.65. The summed E-state index contributed by atoms with van der Waals surface area (Å²) < 4.78 is 0. The summed E-state index contributed by atoms with van der Waals surface area (Å²) in [6, 6.07) is 8.48. The van der Waals surface area contributed by atoms with Gasteiger partial charge in [-0.2, -0.15) is 0 Å². The van der Waals surface area contributed by atoms with Gasteiger partial charge < -0.3 is 10.6 Å². The zero-order valence-electron chi connectivity index (χ0n) is 18.6. The minimum absolute atomic E-state index is 0.0969. The Morgan fingerprint density at radius 2 is 1.62 bits per heavy atom. The van der Waals surface area contributed by atoms with E-state index >= 15 is 0 Å². The second-order valence-electron chi connectivity index (χ2n) is 11.3. The number of benzene rings is 1. The first-order chi connectivity index (χ1) is 13.5. The van der Waals surface area contributed by atoms with Crippen LogP contribution in [-0.4, -0.2) is 23.4 Å². The molecule has 0 radical (unpaired) electrons. The molecule has 4 fully saturated rings. The molecule has 4 bridgehead atoms. The van der Waals surface area contributed by atoms with Crippen LogP contribution in [0.5, 0.6) is 0 Å². The van der Waals surface area contributed by atoms with E-state index in [2.05, 4.69) is 41.8 Å². The zero-order chi connectivity index (χ0) is 21.0. The van der Waals surface area contributed by atoms with Crippen molar-refractivity contribution in [3.05, 3.63) is 35.4 Å². The molecule has 0 spiro atoms. The van der Waals surface area contributed by atoms with E-state index in [1.807, 2.05) is 20.8 Å². The number of rotatable bonds is 4. The van der Waals surface area contributed by atoms with Gasteiger partial charge in [0.15, 0.2) is 0 Å². The third kappa shape index (κ3) is 3.83. The molecule has 0 saturated heterocycles. The zero-order valence-corrected chi connectivity index (χ0v) is 18.6. The van der Waals surface area contributed by atoms with Crippen LogP contribution >= 0.6 is 0 Å². The number of hydrogen-bond donors (Lipinski definition) is 2. The van der Waals surface area contributed by atoms with Gasteiger partial charge in [-0.15, -0.1) is 0 Å². The summed E-state index contributed by atoms with van der Waals surface area (Å²) in [5.41, 5.74) is 2.21. The predicted molar refractivity (Wildman–Crippen MR) is 115 cm³/mol. The van der Waals surface area contributed by atoms with Gasteiger partial charge in [0.2, 0.25) is 11.8 Å². The largest absolute Gasteiger partial charge is 0.350 e. The van der Waals surface area contributed by atoms with Crippen LogP contribution in [0, 0.1) is 24.2 Å². The number of amides is 2. The highest BCUT2D eigenvalue weighted by molar-refractivity contribution is 5.90. The smallest absolute Gasteiger partial charge is 0.242 e. The first-order valence-corrected chi connectivity index (χ1v) is 11.2. The SMILES string of the molecule is Cc1ccc(C23C[C@@H]4C[C@H](CC(C(=O)N[C@@H](C)C(=O)NC(C)(C)C)(C4)C2)C3)cc1. The molecule has 4 saturated carbocycles. The molecule has 0 aliphatic heterocycles. The van der Waals surface area contributed by atoms with Crippen LogP contribution in [-0.2, 0) is 15.0 Å². The van der Waals surface area contributed by atoms with Crippen LogP contribution in [0.4, 0.5) is 0 Å². The Morgan fingerprint density at radius 3 is 2.17 bits per heavy atom. The van der Waals surface area contributed by atoms with Crippen molar-refractivity contribution in [2.75, 3.05) is 0 Å². The van der Waals surface area contributed by atoms with Crippen molar-refractivity contribution in [2.24, 2.45) is 17.3 Å². The number of nitrogens with one attached hydrogen (secondary N) is 2. The molecule has 1 aromatic carbocycles. The van der Waals surface area contributed by atoms with E-state index in [4.69, 9.17) is 0 Å². The standard InChI is InChI=1S/C25H36N2O2/c1-16-6-8-20(9-7-16)24-11-18-10-19(12-24)14-25(13-18,15-24)22(29)26-17(2)21(28)27-23(3,4)5/h6-9,17-19H,10-15H2,1-5H3,(H,26,29)(H,27,28)/t17-,18-,19-,24?,25?/m0/s1. The highest BCUT2D eigenvalue weighted by atomic mass is 16.2. The molecule has 1 aromatic rings. The molecule has 4 aliphatic carbocycles. The number of hydrogen-bond acceptors (Lipinski definition) is 2. The fourth-order valence-corrected chi connectivity index (χ4v) is 6.67. The molecule has 3 atom stereocenters. The van der Waals surface area contributed by atoms with E-state index in [0.717, 1.165) is 19.3 Å². The Morgan fingerprint density at radius 1 is 1.03 bits per heavy atom. The maximum Gasteiger partial charge on any atom is 0.242 e. The van der Waals surface area contributed by atoms with E-state index in [1.165, 1.54) is 30.4 Å². The van der Waals surface area contributed by atoms with Crippen LogP contribution in [0.15, 0.2) is 24.3 Å². The van der Waals surface area contributed by atoms with Crippen LogP contribution in [0.3, 0.4) is 0 Å². The summed E-state index contributed by atoms with van der Waals surface area (Å²) in [6.45, 7) is 9.81. The summed E-state index contributed by atoms with van der Waals surface area (Å²) in [7, 11) is 0. The molecular formula is C25H36N2O2. The van der Waals surface area contributed by atoms with Crippen LogP contribution < -0.4 is 10.6 Å². The van der Waals surface area contributed by atoms with Crippen molar-refractivity contribution in [3.63, 3.8) is 0 Å². The molecule has 29 heavy (non-hydrogen) atoms. The second kappa shape index (κ2) is 6.85. The Hall–Kier alpha value is -1.84. The van der Waals surface area contributed by atoms with Crippen molar-refractivity contribution >= 4 is 11.8 Å². The Labute approximate surface area is 175 Å². The maximum atomic E-state index is 13.5. The maximum absolute atomic E-state index is 13.5. The van der Waals surface area contributed by atoms with Crippen molar-refractivity contribution in [1.82, 2.24) is 10.6 Å². The van der Waals surface area contributed by atoms with Gasteiger partial charge >= 0.3 is 0 Å². The third-order valence-corrected chi connectivity index (χ3v) is 7.45. The van der Waals surface area contributed by atoms with E-state index < -0.39 is 6.04 Å². The Bertz CT molecular complexity index is 791. The summed E-state index contributed by atoms with van der Waals surface area (Å²) in [5.74, 6) is 1.24. The van der Waals surface area contributed by atoms with Crippen LogP contribution in [0.1, 0.15) is 77.3 Å². The summed E-state index contributed by atoms with van der Waals surface area (Å²) in [5, 5.41) is 6.07. The molecular weight excluding hydrogens is 360 g/mol. The van der Waals surface area contributed by atoms with Crippen molar-refractivity contribution in [1.29, 1.82) is 0 Å². The monoisotopic (exact) mass is 396 g/mol. The van der Waals surface area contributed by atoms with E-state index in [-0.39, 0.29) is 28.2 Å². The van der Waals surface area contributed by atoms with Gasteiger partial charge in [-0.1, -0.05) is 29.8 Å². The Balaban J connectivity index is 1.55. The number of aryl methyl sites for hydroxylation is 1. The average molecular weight is 397 g/mol. The van der Waals surface area contributed by atoms with E-state index in [9.17, 15) is 9.59 Å². The molecule has 0 heterocycles. The van der Waals surface area contributed by atoms with Gasteiger partial charge in [-0.25, -0.2) is 0 Å². The number of carbonyl (C=O) groups excluding carboxylic acids is 2. The topological polar surface area (TPSA) is 58.2 Å². The molecule has 0 unspecified atom stereocenters. The molecule has 5 rings (SSSR count). The minimum Gasteiger partial charge on any atom is -0.350 e. The quantitative estimate of drug-likeness (QED) is 0.799. The molecule has 2 N–H and O–H groups in total. The second-order valence-corrected chi connectivity index (χ2v) is 11.3. The third-order valence-electron chi connectivity index (χ3n) is 7.45. The number of carbonyl (C=O) groups is 2. The summed E-state index contributed by atoms with van der Waals surface area (Å²) >= 11 is 0.